The molecule has 1 atom stereocenters. The Bertz CT molecular complexity index is 781. The van der Waals surface area contributed by atoms with Gasteiger partial charge in [0.05, 0.1) is 6.10 Å². The van der Waals surface area contributed by atoms with Crippen molar-refractivity contribution in [1.82, 2.24) is 25.3 Å². The van der Waals surface area contributed by atoms with Crippen LogP contribution in [0.25, 0.3) is 5.65 Å². The largest absolute Gasteiger partial charge is 0.388 e. The molecule has 2 aromatic heterocycles. The SMILES string of the molecule is O[C@@H](c1ccccc1)C1CCN(c2ccc3nnnn3n2)CC1. The molecule has 0 bridgehead atoms. The normalized spacial score (nSPS) is 17.5. The molecule has 7 nitrogen and oxygen atoms in total. The minimum Gasteiger partial charge on any atom is -0.388 e. The minimum atomic E-state index is -0.395. The molecule has 7 heteroatoms. The Morgan fingerprint density at radius 3 is 2.61 bits per heavy atom. The summed E-state index contributed by atoms with van der Waals surface area (Å²) in [5.74, 6) is 1.16. The molecule has 1 aliphatic heterocycles. The van der Waals surface area contributed by atoms with Crippen molar-refractivity contribution in [1.29, 1.82) is 0 Å². The molecule has 1 fully saturated rings. The van der Waals surface area contributed by atoms with Crippen LogP contribution in [0.3, 0.4) is 0 Å². The van der Waals surface area contributed by atoms with Crippen LogP contribution in [0.5, 0.6) is 0 Å². The third-order valence-corrected chi connectivity index (χ3v) is 4.51. The van der Waals surface area contributed by atoms with E-state index in [0.717, 1.165) is 37.3 Å². The van der Waals surface area contributed by atoms with E-state index < -0.39 is 6.10 Å². The van der Waals surface area contributed by atoms with Crippen LogP contribution >= 0.6 is 0 Å². The van der Waals surface area contributed by atoms with Gasteiger partial charge in [-0.3, -0.25) is 0 Å². The summed E-state index contributed by atoms with van der Waals surface area (Å²) < 4.78 is 1.44. The Balaban J connectivity index is 1.44. The number of nitrogens with zero attached hydrogens (tertiary/aromatic N) is 6. The Kier molecular flexibility index (Phi) is 3.63. The van der Waals surface area contributed by atoms with Gasteiger partial charge in [-0.25, -0.2) is 0 Å². The predicted molar refractivity (Wildman–Crippen MR) is 84.9 cm³/mol. The van der Waals surface area contributed by atoms with Crippen LogP contribution in [0, 0.1) is 5.92 Å². The number of aliphatic hydroxyl groups is 1. The molecule has 0 amide bonds. The number of hydrogen-bond acceptors (Lipinski definition) is 6. The fraction of sp³-hybridized carbons (Fsp3) is 0.375. The van der Waals surface area contributed by atoms with Crippen LogP contribution in [0.1, 0.15) is 24.5 Å². The van der Waals surface area contributed by atoms with Crippen LogP contribution < -0.4 is 4.90 Å². The van der Waals surface area contributed by atoms with Gasteiger partial charge in [-0.2, -0.15) is 0 Å². The summed E-state index contributed by atoms with van der Waals surface area (Å²) >= 11 is 0. The topological polar surface area (TPSA) is 79.4 Å². The molecule has 1 aromatic carbocycles. The number of aromatic nitrogens is 5. The van der Waals surface area contributed by atoms with Crippen LogP contribution in [0.2, 0.25) is 0 Å². The van der Waals surface area contributed by atoms with Crippen molar-refractivity contribution in [2.75, 3.05) is 18.0 Å². The first-order chi connectivity index (χ1) is 11.3. The first-order valence-electron chi connectivity index (χ1n) is 7.84. The van der Waals surface area contributed by atoms with Crippen molar-refractivity contribution in [3.05, 3.63) is 48.0 Å². The number of tetrazole rings is 1. The van der Waals surface area contributed by atoms with Gasteiger partial charge in [-0.1, -0.05) is 30.3 Å². The molecule has 3 heterocycles. The molecule has 4 rings (SSSR count). The summed E-state index contributed by atoms with van der Waals surface area (Å²) in [5.41, 5.74) is 1.64. The number of fused-ring (bicyclic) bond motifs is 1. The summed E-state index contributed by atoms with van der Waals surface area (Å²) in [5, 5.41) is 26.3. The lowest BCUT2D eigenvalue weighted by atomic mass is 9.87. The highest BCUT2D eigenvalue weighted by Gasteiger charge is 2.26. The van der Waals surface area contributed by atoms with Gasteiger partial charge in [0.1, 0.15) is 0 Å². The average molecular weight is 310 g/mol. The van der Waals surface area contributed by atoms with E-state index in [4.69, 9.17) is 0 Å². The third kappa shape index (κ3) is 2.75. The number of piperidine rings is 1. The molecule has 0 saturated carbocycles. The molecule has 3 aromatic rings. The monoisotopic (exact) mass is 310 g/mol. The zero-order valence-corrected chi connectivity index (χ0v) is 12.7. The number of hydrogen-bond donors (Lipinski definition) is 1. The fourth-order valence-electron chi connectivity index (χ4n) is 3.18. The highest BCUT2D eigenvalue weighted by atomic mass is 16.3. The second-order valence-corrected chi connectivity index (χ2v) is 5.90. The number of benzene rings is 1. The number of aliphatic hydroxyl groups excluding tert-OH is 1. The Labute approximate surface area is 133 Å². The lowest BCUT2D eigenvalue weighted by Crippen LogP contribution is -2.36. The van der Waals surface area contributed by atoms with Gasteiger partial charge < -0.3 is 10.0 Å². The van der Waals surface area contributed by atoms with E-state index in [1.807, 2.05) is 42.5 Å². The van der Waals surface area contributed by atoms with E-state index in [0.29, 0.717) is 5.65 Å². The maximum atomic E-state index is 10.6. The highest BCUT2D eigenvalue weighted by molar-refractivity contribution is 5.44. The fourth-order valence-corrected chi connectivity index (χ4v) is 3.18. The molecule has 0 unspecified atom stereocenters. The van der Waals surface area contributed by atoms with Crippen LogP contribution in [-0.4, -0.2) is 43.5 Å². The average Bonchev–Trinajstić information content (AvgIpc) is 3.10. The molecule has 118 valence electrons. The van der Waals surface area contributed by atoms with Crippen molar-refractivity contribution < 1.29 is 5.11 Å². The van der Waals surface area contributed by atoms with Crippen LogP contribution in [0.4, 0.5) is 5.82 Å². The molecule has 0 spiro atoms. The summed E-state index contributed by atoms with van der Waals surface area (Å²) in [4.78, 5) is 2.22. The first kappa shape index (κ1) is 14.1. The molecule has 0 aliphatic carbocycles. The van der Waals surface area contributed by atoms with Crippen molar-refractivity contribution in [3.63, 3.8) is 0 Å². The maximum absolute atomic E-state index is 10.6. The maximum Gasteiger partial charge on any atom is 0.200 e. The van der Waals surface area contributed by atoms with Gasteiger partial charge in [0.25, 0.3) is 0 Å². The molecule has 23 heavy (non-hydrogen) atoms. The summed E-state index contributed by atoms with van der Waals surface area (Å²) in [6.07, 6.45) is 1.48. The summed E-state index contributed by atoms with van der Waals surface area (Å²) in [6.45, 7) is 1.74. The minimum absolute atomic E-state index is 0.283. The highest BCUT2D eigenvalue weighted by Crippen LogP contribution is 2.31. The van der Waals surface area contributed by atoms with Crippen molar-refractivity contribution >= 4 is 11.5 Å². The first-order valence-corrected chi connectivity index (χ1v) is 7.84. The van der Waals surface area contributed by atoms with Crippen molar-refractivity contribution in [2.24, 2.45) is 5.92 Å². The van der Waals surface area contributed by atoms with Crippen molar-refractivity contribution in [3.8, 4) is 0 Å². The van der Waals surface area contributed by atoms with E-state index in [1.54, 1.807) is 0 Å². The van der Waals surface area contributed by atoms with Gasteiger partial charge >= 0.3 is 0 Å². The van der Waals surface area contributed by atoms with Gasteiger partial charge in [-0.15, -0.1) is 14.8 Å². The van der Waals surface area contributed by atoms with E-state index in [-0.39, 0.29) is 5.92 Å². The zero-order valence-electron chi connectivity index (χ0n) is 12.7. The van der Waals surface area contributed by atoms with E-state index in [9.17, 15) is 5.11 Å². The van der Waals surface area contributed by atoms with Crippen molar-refractivity contribution in [2.45, 2.75) is 18.9 Å². The van der Waals surface area contributed by atoms with Gasteiger partial charge in [-0.05, 0) is 46.9 Å². The van der Waals surface area contributed by atoms with Gasteiger partial charge in [0.15, 0.2) is 11.5 Å². The lowest BCUT2D eigenvalue weighted by molar-refractivity contribution is 0.0928. The summed E-state index contributed by atoms with van der Waals surface area (Å²) in [6, 6.07) is 13.7. The molecular formula is C16H18N6O. The predicted octanol–water partition coefficient (Wildman–Crippen LogP) is 1.47. The number of anilines is 1. The second-order valence-electron chi connectivity index (χ2n) is 5.90. The van der Waals surface area contributed by atoms with Gasteiger partial charge in [0.2, 0.25) is 0 Å². The standard InChI is InChI=1S/C16H18N6O/c23-16(12-4-2-1-3-5-12)13-8-10-21(11-9-13)15-7-6-14-17-19-20-22(14)18-15/h1-7,13,16,23H,8-11H2/t16-/m0/s1. The smallest absolute Gasteiger partial charge is 0.200 e. The lowest BCUT2D eigenvalue weighted by Gasteiger charge is -2.34. The van der Waals surface area contributed by atoms with Gasteiger partial charge in [0, 0.05) is 13.1 Å². The second kappa shape index (κ2) is 5.92. The quantitative estimate of drug-likeness (QED) is 0.789. The third-order valence-electron chi connectivity index (χ3n) is 4.51. The molecular weight excluding hydrogens is 292 g/mol. The Morgan fingerprint density at radius 1 is 1.04 bits per heavy atom. The zero-order chi connectivity index (χ0) is 15.6. The van der Waals surface area contributed by atoms with E-state index in [1.165, 1.54) is 4.63 Å². The molecule has 1 aliphatic rings. The van der Waals surface area contributed by atoms with E-state index >= 15 is 0 Å². The Morgan fingerprint density at radius 2 is 1.83 bits per heavy atom. The number of rotatable bonds is 3. The van der Waals surface area contributed by atoms with E-state index in [2.05, 4.69) is 25.5 Å². The van der Waals surface area contributed by atoms with Crippen LogP contribution in [-0.2, 0) is 0 Å². The molecule has 0 radical (unpaired) electrons. The van der Waals surface area contributed by atoms with Crippen LogP contribution in [0.15, 0.2) is 42.5 Å². The summed E-state index contributed by atoms with van der Waals surface area (Å²) in [7, 11) is 0. The molecule has 1 N–H and O–H groups in total. The Hall–Kier alpha value is -2.54. The molecule has 1 saturated heterocycles.